The molecular formula is C14H14BrFN2. The number of halogens is 2. The Balaban J connectivity index is 2.04. The molecule has 0 amide bonds. The van der Waals surface area contributed by atoms with E-state index in [1.54, 1.807) is 30.6 Å². The molecule has 1 unspecified atom stereocenters. The third kappa shape index (κ3) is 3.15. The van der Waals surface area contributed by atoms with Crippen molar-refractivity contribution in [2.24, 2.45) is 5.73 Å². The van der Waals surface area contributed by atoms with Crippen LogP contribution in [0.3, 0.4) is 0 Å². The van der Waals surface area contributed by atoms with Crippen LogP contribution in [0.25, 0.3) is 0 Å². The molecule has 94 valence electrons. The van der Waals surface area contributed by atoms with Crippen molar-refractivity contribution in [2.75, 3.05) is 0 Å². The standard InChI is InChI=1S/C14H14BrFN2/c15-12-3-1-2-11(14(12)16)13(17)5-4-10-6-8-18-9-7-10/h1-3,6-9,13H,4-5,17H2. The molecule has 0 radical (unpaired) electrons. The third-order valence-corrected chi connectivity index (χ3v) is 3.49. The average molecular weight is 309 g/mol. The Kier molecular flexibility index (Phi) is 4.44. The van der Waals surface area contributed by atoms with Crippen molar-refractivity contribution in [3.63, 3.8) is 0 Å². The maximum absolute atomic E-state index is 13.8. The molecule has 18 heavy (non-hydrogen) atoms. The Morgan fingerprint density at radius 1 is 1.22 bits per heavy atom. The zero-order valence-electron chi connectivity index (χ0n) is 9.81. The Morgan fingerprint density at radius 3 is 2.67 bits per heavy atom. The summed E-state index contributed by atoms with van der Waals surface area (Å²) in [4.78, 5) is 3.96. The molecule has 2 aromatic rings. The van der Waals surface area contributed by atoms with Gasteiger partial charge < -0.3 is 5.73 Å². The number of hydrogen-bond acceptors (Lipinski definition) is 2. The molecule has 2 nitrogen and oxygen atoms in total. The maximum Gasteiger partial charge on any atom is 0.142 e. The second-order valence-electron chi connectivity index (χ2n) is 4.14. The summed E-state index contributed by atoms with van der Waals surface area (Å²) in [6.07, 6.45) is 5.02. The van der Waals surface area contributed by atoms with Crippen LogP contribution in [0, 0.1) is 5.82 Å². The summed E-state index contributed by atoms with van der Waals surface area (Å²) in [7, 11) is 0. The van der Waals surface area contributed by atoms with E-state index in [1.165, 1.54) is 0 Å². The average Bonchev–Trinajstić information content (AvgIpc) is 2.40. The molecule has 0 aliphatic rings. The SMILES string of the molecule is NC(CCc1ccncc1)c1cccc(Br)c1F. The summed E-state index contributed by atoms with van der Waals surface area (Å²) in [6, 6.07) is 8.81. The van der Waals surface area contributed by atoms with E-state index in [4.69, 9.17) is 5.73 Å². The van der Waals surface area contributed by atoms with E-state index in [2.05, 4.69) is 20.9 Å². The van der Waals surface area contributed by atoms with E-state index in [9.17, 15) is 4.39 Å². The van der Waals surface area contributed by atoms with Gasteiger partial charge in [0.25, 0.3) is 0 Å². The number of rotatable bonds is 4. The molecule has 1 atom stereocenters. The van der Waals surface area contributed by atoms with Gasteiger partial charge in [0.2, 0.25) is 0 Å². The molecule has 1 aromatic heterocycles. The summed E-state index contributed by atoms with van der Waals surface area (Å²) >= 11 is 3.17. The van der Waals surface area contributed by atoms with Gasteiger partial charge in [-0.05, 0) is 52.5 Å². The lowest BCUT2D eigenvalue weighted by Gasteiger charge is -2.13. The zero-order chi connectivity index (χ0) is 13.0. The van der Waals surface area contributed by atoms with Crippen molar-refractivity contribution in [2.45, 2.75) is 18.9 Å². The minimum atomic E-state index is -0.296. The first-order valence-corrected chi connectivity index (χ1v) is 6.56. The molecule has 0 spiro atoms. The number of aromatic nitrogens is 1. The lowest BCUT2D eigenvalue weighted by molar-refractivity contribution is 0.559. The highest BCUT2D eigenvalue weighted by atomic mass is 79.9. The van der Waals surface area contributed by atoms with Crippen molar-refractivity contribution >= 4 is 15.9 Å². The highest BCUT2D eigenvalue weighted by Crippen LogP contribution is 2.25. The predicted octanol–water partition coefficient (Wildman–Crippen LogP) is 3.62. The van der Waals surface area contributed by atoms with Gasteiger partial charge in [-0.2, -0.15) is 0 Å². The van der Waals surface area contributed by atoms with E-state index in [1.807, 2.05) is 12.1 Å². The van der Waals surface area contributed by atoms with Crippen LogP contribution in [0.15, 0.2) is 47.2 Å². The largest absolute Gasteiger partial charge is 0.324 e. The second kappa shape index (κ2) is 6.07. The molecular weight excluding hydrogens is 295 g/mol. The molecule has 0 aliphatic carbocycles. The molecule has 0 saturated heterocycles. The quantitative estimate of drug-likeness (QED) is 0.937. The first-order chi connectivity index (χ1) is 8.68. The van der Waals surface area contributed by atoms with Gasteiger partial charge in [0.05, 0.1) is 4.47 Å². The molecule has 0 bridgehead atoms. The predicted molar refractivity (Wildman–Crippen MR) is 73.6 cm³/mol. The number of benzene rings is 1. The van der Waals surface area contributed by atoms with Crippen LogP contribution in [0.2, 0.25) is 0 Å². The second-order valence-corrected chi connectivity index (χ2v) is 5.00. The third-order valence-electron chi connectivity index (χ3n) is 2.87. The fourth-order valence-corrected chi connectivity index (χ4v) is 2.22. The van der Waals surface area contributed by atoms with Gasteiger partial charge in [0, 0.05) is 24.0 Å². The summed E-state index contributed by atoms with van der Waals surface area (Å²) in [5.41, 5.74) is 7.75. The van der Waals surface area contributed by atoms with Gasteiger partial charge in [0.1, 0.15) is 5.82 Å². The lowest BCUT2D eigenvalue weighted by atomic mass is 10.00. The van der Waals surface area contributed by atoms with Crippen LogP contribution in [-0.2, 0) is 6.42 Å². The molecule has 0 aliphatic heterocycles. The van der Waals surface area contributed by atoms with Crippen LogP contribution < -0.4 is 5.73 Å². The molecule has 1 heterocycles. The molecule has 0 fully saturated rings. The molecule has 0 saturated carbocycles. The van der Waals surface area contributed by atoms with Crippen LogP contribution in [0.1, 0.15) is 23.6 Å². The van der Waals surface area contributed by atoms with Crippen molar-refractivity contribution < 1.29 is 4.39 Å². The van der Waals surface area contributed by atoms with Gasteiger partial charge >= 0.3 is 0 Å². The highest BCUT2D eigenvalue weighted by molar-refractivity contribution is 9.10. The number of hydrogen-bond donors (Lipinski definition) is 1. The minimum Gasteiger partial charge on any atom is -0.324 e. The van der Waals surface area contributed by atoms with Crippen LogP contribution in [0.4, 0.5) is 4.39 Å². The van der Waals surface area contributed by atoms with Crippen LogP contribution in [-0.4, -0.2) is 4.98 Å². The first kappa shape index (κ1) is 13.2. The molecule has 1 aromatic carbocycles. The Morgan fingerprint density at radius 2 is 1.94 bits per heavy atom. The summed E-state index contributed by atoms with van der Waals surface area (Å²) < 4.78 is 14.3. The molecule has 2 N–H and O–H groups in total. The topological polar surface area (TPSA) is 38.9 Å². The van der Waals surface area contributed by atoms with Gasteiger partial charge in [-0.25, -0.2) is 4.39 Å². The van der Waals surface area contributed by atoms with Gasteiger partial charge in [-0.15, -0.1) is 0 Å². The fourth-order valence-electron chi connectivity index (χ4n) is 1.83. The van der Waals surface area contributed by atoms with Crippen molar-refractivity contribution in [1.29, 1.82) is 0 Å². The van der Waals surface area contributed by atoms with Crippen LogP contribution in [0.5, 0.6) is 0 Å². The lowest BCUT2D eigenvalue weighted by Crippen LogP contribution is -2.13. The first-order valence-electron chi connectivity index (χ1n) is 5.77. The normalized spacial score (nSPS) is 12.4. The maximum atomic E-state index is 13.8. The Bertz CT molecular complexity index is 516. The molecule has 4 heteroatoms. The van der Waals surface area contributed by atoms with Gasteiger partial charge in [-0.3, -0.25) is 4.98 Å². The van der Waals surface area contributed by atoms with Crippen molar-refractivity contribution in [1.82, 2.24) is 4.98 Å². The Labute approximate surface area is 114 Å². The highest BCUT2D eigenvalue weighted by Gasteiger charge is 2.13. The smallest absolute Gasteiger partial charge is 0.142 e. The molecule has 2 rings (SSSR count). The van der Waals surface area contributed by atoms with E-state index >= 15 is 0 Å². The Hall–Kier alpha value is -1.26. The number of nitrogens with zero attached hydrogens (tertiary/aromatic N) is 1. The van der Waals surface area contributed by atoms with Gasteiger partial charge in [0.15, 0.2) is 0 Å². The number of pyridine rings is 1. The van der Waals surface area contributed by atoms with E-state index in [0.29, 0.717) is 16.5 Å². The van der Waals surface area contributed by atoms with Crippen molar-refractivity contribution in [3.8, 4) is 0 Å². The summed E-state index contributed by atoms with van der Waals surface area (Å²) in [6.45, 7) is 0. The minimum absolute atomic E-state index is 0.264. The summed E-state index contributed by atoms with van der Waals surface area (Å²) in [5.74, 6) is -0.264. The fraction of sp³-hybridized carbons (Fsp3) is 0.214. The number of aryl methyl sites for hydroxylation is 1. The van der Waals surface area contributed by atoms with Crippen LogP contribution >= 0.6 is 15.9 Å². The van der Waals surface area contributed by atoms with Gasteiger partial charge in [-0.1, -0.05) is 12.1 Å². The van der Waals surface area contributed by atoms with Crippen molar-refractivity contribution in [3.05, 3.63) is 64.1 Å². The van der Waals surface area contributed by atoms with E-state index in [0.717, 1.165) is 12.0 Å². The number of nitrogens with two attached hydrogens (primary N) is 1. The zero-order valence-corrected chi connectivity index (χ0v) is 11.4. The van der Waals surface area contributed by atoms with E-state index < -0.39 is 0 Å². The monoisotopic (exact) mass is 308 g/mol. The summed E-state index contributed by atoms with van der Waals surface area (Å²) in [5, 5.41) is 0. The van der Waals surface area contributed by atoms with E-state index in [-0.39, 0.29) is 11.9 Å².